The number of carbonyl (C=O) groups is 1. The molecule has 1 aromatic carbocycles. The van der Waals surface area contributed by atoms with Crippen molar-refractivity contribution in [1.29, 1.82) is 0 Å². The van der Waals surface area contributed by atoms with Gasteiger partial charge in [-0.1, -0.05) is 6.07 Å². The number of amides is 2. The van der Waals surface area contributed by atoms with Crippen molar-refractivity contribution in [3.05, 3.63) is 47.8 Å². The molecule has 0 saturated carbocycles. The van der Waals surface area contributed by atoms with E-state index in [4.69, 9.17) is 5.11 Å². The zero-order valence-corrected chi connectivity index (χ0v) is 12.3. The molecule has 0 aliphatic carbocycles. The molecule has 1 aromatic heterocycles. The standard InChI is InChI=1S/C15H19FN4O2/c1-11-17-6-7-20(11)14-4-3-12(9-13(14)16)10-19-15(22)18-5-2-8-21/h3-4,6-7,9,21H,2,5,8,10H2,1H3,(H2,18,19,22). The molecule has 0 spiro atoms. The fourth-order valence-electron chi connectivity index (χ4n) is 2.01. The van der Waals surface area contributed by atoms with Crippen LogP contribution >= 0.6 is 0 Å². The summed E-state index contributed by atoms with van der Waals surface area (Å²) in [5, 5.41) is 13.8. The molecule has 3 N–H and O–H groups in total. The van der Waals surface area contributed by atoms with Crippen molar-refractivity contribution in [3.63, 3.8) is 0 Å². The van der Waals surface area contributed by atoms with Crippen LogP contribution in [0.1, 0.15) is 17.8 Å². The van der Waals surface area contributed by atoms with E-state index < -0.39 is 0 Å². The third-order valence-electron chi connectivity index (χ3n) is 3.17. The van der Waals surface area contributed by atoms with Gasteiger partial charge in [-0.15, -0.1) is 0 Å². The van der Waals surface area contributed by atoms with Gasteiger partial charge in [0.1, 0.15) is 11.6 Å². The van der Waals surface area contributed by atoms with Crippen LogP contribution in [0, 0.1) is 12.7 Å². The normalized spacial score (nSPS) is 10.5. The summed E-state index contributed by atoms with van der Waals surface area (Å²) in [5.41, 5.74) is 1.09. The molecule has 2 aromatic rings. The van der Waals surface area contributed by atoms with Gasteiger partial charge in [-0.3, -0.25) is 0 Å². The minimum atomic E-state index is -0.374. The van der Waals surface area contributed by atoms with Crippen molar-refractivity contribution >= 4 is 6.03 Å². The summed E-state index contributed by atoms with van der Waals surface area (Å²) in [5.74, 6) is 0.328. The fourth-order valence-corrected chi connectivity index (χ4v) is 2.01. The fraction of sp³-hybridized carbons (Fsp3) is 0.333. The van der Waals surface area contributed by atoms with Gasteiger partial charge in [0.15, 0.2) is 0 Å². The van der Waals surface area contributed by atoms with Crippen LogP contribution in [-0.2, 0) is 6.54 Å². The van der Waals surface area contributed by atoms with Crippen LogP contribution in [0.4, 0.5) is 9.18 Å². The summed E-state index contributed by atoms with van der Waals surface area (Å²) < 4.78 is 15.8. The number of nitrogens with one attached hydrogen (secondary N) is 2. The number of hydrogen-bond donors (Lipinski definition) is 3. The van der Waals surface area contributed by atoms with Crippen LogP contribution in [0.2, 0.25) is 0 Å². The van der Waals surface area contributed by atoms with Crippen LogP contribution < -0.4 is 10.6 Å². The Hall–Kier alpha value is -2.41. The lowest BCUT2D eigenvalue weighted by Gasteiger charge is -2.10. The minimum Gasteiger partial charge on any atom is -0.396 e. The number of nitrogens with zero attached hydrogens (tertiary/aromatic N) is 2. The van der Waals surface area contributed by atoms with E-state index in [-0.39, 0.29) is 25.0 Å². The molecule has 0 aliphatic rings. The second-order valence-electron chi connectivity index (χ2n) is 4.82. The zero-order chi connectivity index (χ0) is 15.9. The summed E-state index contributed by atoms with van der Waals surface area (Å²) >= 11 is 0. The van der Waals surface area contributed by atoms with E-state index in [1.54, 1.807) is 36.0 Å². The van der Waals surface area contributed by atoms with Crippen LogP contribution in [-0.4, -0.2) is 33.8 Å². The molecular weight excluding hydrogens is 287 g/mol. The molecule has 0 aliphatic heterocycles. The Balaban J connectivity index is 1.95. The maximum atomic E-state index is 14.2. The lowest BCUT2D eigenvalue weighted by molar-refractivity contribution is 0.237. The van der Waals surface area contributed by atoms with Crippen molar-refractivity contribution in [2.24, 2.45) is 0 Å². The van der Waals surface area contributed by atoms with E-state index in [0.29, 0.717) is 30.0 Å². The van der Waals surface area contributed by atoms with Gasteiger partial charge in [0.25, 0.3) is 0 Å². The number of aliphatic hydroxyl groups is 1. The molecule has 6 nitrogen and oxygen atoms in total. The Kier molecular flexibility index (Phi) is 5.48. The number of aromatic nitrogens is 2. The summed E-state index contributed by atoms with van der Waals surface area (Å²) in [6.07, 6.45) is 3.81. The van der Waals surface area contributed by atoms with Gasteiger partial charge < -0.3 is 20.3 Å². The molecule has 2 rings (SSSR count). The molecule has 0 fully saturated rings. The van der Waals surface area contributed by atoms with E-state index in [9.17, 15) is 9.18 Å². The average Bonchev–Trinajstić information content (AvgIpc) is 2.91. The molecule has 0 radical (unpaired) electrons. The zero-order valence-electron chi connectivity index (χ0n) is 12.3. The SMILES string of the molecule is Cc1nccn1-c1ccc(CNC(=O)NCCCO)cc1F. The summed E-state index contributed by atoms with van der Waals surface area (Å²) in [6, 6.07) is 4.46. The van der Waals surface area contributed by atoms with Crippen LogP contribution in [0.25, 0.3) is 5.69 Å². The number of carbonyl (C=O) groups excluding carboxylic acids is 1. The lowest BCUT2D eigenvalue weighted by atomic mass is 10.2. The molecule has 0 saturated heterocycles. The number of imidazole rings is 1. The number of hydrogen-bond acceptors (Lipinski definition) is 3. The monoisotopic (exact) mass is 306 g/mol. The topological polar surface area (TPSA) is 79.2 Å². The highest BCUT2D eigenvalue weighted by atomic mass is 19.1. The number of rotatable bonds is 6. The third kappa shape index (κ3) is 4.05. The third-order valence-corrected chi connectivity index (χ3v) is 3.17. The van der Waals surface area contributed by atoms with Crippen LogP contribution in [0.5, 0.6) is 0 Å². The van der Waals surface area contributed by atoms with Gasteiger partial charge in [0.05, 0.1) is 5.69 Å². The molecule has 0 atom stereocenters. The number of urea groups is 1. The van der Waals surface area contributed by atoms with Gasteiger partial charge in [-0.2, -0.15) is 0 Å². The molecular formula is C15H19FN4O2. The Morgan fingerprint density at radius 2 is 2.23 bits per heavy atom. The Bertz CT molecular complexity index is 642. The summed E-state index contributed by atoms with van der Waals surface area (Å²) in [4.78, 5) is 15.5. The largest absolute Gasteiger partial charge is 0.396 e. The van der Waals surface area contributed by atoms with Crippen LogP contribution in [0.15, 0.2) is 30.6 Å². The first-order chi connectivity index (χ1) is 10.6. The van der Waals surface area contributed by atoms with E-state index in [0.717, 1.165) is 0 Å². The van der Waals surface area contributed by atoms with Crippen molar-refractivity contribution in [2.75, 3.05) is 13.2 Å². The van der Waals surface area contributed by atoms with Gasteiger partial charge >= 0.3 is 6.03 Å². The number of halogens is 1. The molecule has 7 heteroatoms. The predicted molar refractivity (Wildman–Crippen MR) is 80.2 cm³/mol. The summed E-state index contributed by atoms with van der Waals surface area (Å²) in [6.45, 7) is 2.45. The Labute approximate surface area is 128 Å². The van der Waals surface area contributed by atoms with E-state index in [1.165, 1.54) is 6.07 Å². The van der Waals surface area contributed by atoms with Gasteiger partial charge in [0.2, 0.25) is 0 Å². The molecule has 118 valence electrons. The summed E-state index contributed by atoms with van der Waals surface area (Å²) in [7, 11) is 0. The highest BCUT2D eigenvalue weighted by molar-refractivity contribution is 5.73. The molecule has 2 amide bonds. The number of benzene rings is 1. The minimum absolute atomic E-state index is 0.0284. The predicted octanol–water partition coefficient (Wildman–Crippen LogP) is 1.50. The van der Waals surface area contributed by atoms with Gasteiger partial charge in [-0.05, 0) is 31.0 Å². The number of aryl methyl sites for hydroxylation is 1. The first-order valence-electron chi connectivity index (χ1n) is 7.03. The van der Waals surface area contributed by atoms with E-state index in [1.807, 2.05) is 0 Å². The first-order valence-corrected chi connectivity index (χ1v) is 7.03. The average molecular weight is 306 g/mol. The Morgan fingerprint density at radius 1 is 1.41 bits per heavy atom. The second-order valence-corrected chi connectivity index (χ2v) is 4.82. The highest BCUT2D eigenvalue weighted by Gasteiger charge is 2.08. The van der Waals surface area contributed by atoms with Crippen molar-refractivity contribution in [2.45, 2.75) is 19.9 Å². The maximum Gasteiger partial charge on any atom is 0.315 e. The van der Waals surface area contributed by atoms with Crippen molar-refractivity contribution < 1.29 is 14.3 Å². The van der Waals surface area contributed by atoms with Crippen molar-refractivity contribution in [1.82, 2.24) is 20.2 Å². The maximum absolute atomic E-state index is 14.2. The highest BCUT2D eigenvalue weighted by Crippen LogP contribution is 2.16. The van der Waals surface area contributed by atoms with E-state index >= 15 is 0 Å². The molecule has 22 heavy (non-hydrogen) atoms. The van der Waals surface area contributed by atoms with Crippen molar-refractivity contribution in [3.8, 4) is 5.69 Å². The number of aliphatic hydroxyl groups excluding tert-OH is 1. The Morgan fingerprint density at radius 3 is 2.86 bits per heavy atom. The smallest absolute Gasteiger partial charge is 0.315 e. The van der Waals surface area contributed by atoms with Gasteiger partial charge in [-0.25, -0.2) is 14.2 Å². The van der Waals surface area contributed by atoms with Gasteiger partial charge in [0, 0.05) is 32.1 Å². The molecule has 0 unspecified atom stereocenters. The van der Waals surface area contributed by atoms with E-state index in [2.05, 4.69) is 15.6 Å². The van der Waals surface area contributed by atoms with Crippen LogP contribution in [0.3, 0.4) is 0 Å². The molecule has 0 bridgehead atoms. The molecule has 1 heterocycles. The first kappa shape index (κ1) is 16.0. The quantitative estimate of drug-likeness (QED) is 0.708. The second kappa shape index (κ2) is 7.56. The lowest BCUT2D eigenvalue weighted by Crippen LogP contribution is -2.35.